The molecule has 0 heterocycles. The van der Waals surface area contributed by atoms with Crippen LogP contribution in [0, 0.1) is 40.9 Å². The molecule has 4 saturated carbocycles. The van der Waals surface area contributed by atoms with Crippen LogP contribution in [0.25, 0.3) is 0 Å². The Bertz CT molecular complexity index is 286. The van der Waals surface area contributed by atoms with E-state index < -0.39 is 0 Å². The molecule has 6 unspecified atom stereocenters. The first-order chi connectivity index (χ1) is 8.14. The van der Waals surface area contributed by atoms with Crippen molar-refractivity contribution in [1.82, 2.24) is 0 Å². The Morgan fingerprint density at radius 3 is 1.41 bits per heavy atom. The van der Waals surface area contributed by atoms with E-state index in [0.29, 0.717) is 5.41 Å². The Morgan fingerprint density at radius 2 is 1.12 bits per heavy atom. The maximum atomic E-state index is 2.64. The quantitative estimate of drug-likeness (QED) is 0.636. The molecule has 4 fully saturated rings. The van der Waals surface area contributed by atoms with E-state index in [1.165, 1.54) is 0 Å². The maximum Gasteiger partial charge on any atom is -0.0292 e. The van der Waals surface area contributed by atoms with Crippen LogP contribution in [0.15, 0.2) is 0 Å². The second-order valence-corrected chi connectivity index (χ2v) is 8.38. The highest BCUT2D eigenvalue weighted by atomic mass is 14.6. The molecule has 0 saturated heterocycles. The molecule has 0 nitrogen and oxygen atoms in total. The summed E-state index contributed by atoms with van der Waals surface area (Å²) >= 11 is 0. The molecule has 17 heavy (non-hydrogen) atoms. The summed E-state index contributed by atoms with van der Waals surface area (Å²) in [6.45, 7) is 5.29. The van der Waals surface area contributed by atoms with Gasteiger partial charge < -0.3 is 0 Å². The number of hydrogen-bond acceptors (Lipinski definition) is 0. The lowest BCUT2D eigenvalue weighted by molar-refractivity contribution is 0.0377. The Labute approximate surface area is 107 Å². The molecule has 0 aromatic carbocycles. The van der Waals surface area contributed by atoms with Crippen molar-refractivity contribution in [2.24, 2.45) is 40.9 Å². The van der Waals surface area contributed by atoms with Gasteiger partial charge in [0.25, 0.3) is 0 Å². The highest BCUT2D eigenvalue weighted by molar-refractivity contribution is 5.03. The molecule has 0 aromatic rings. The smallest absolute Gasteiger partial charge is 0.0292 e. The van der Waals surface area contributed by atoms with Crippen molar-refractivity contribution in [3.63, 3.8) is 0 Å². The van der Waals surface area contributed by atoms with Crippen LogP contribution in [0.2, 0.25) is 0 Å². The second kappa shape index (κ2) is 3.52. The topological polar surface area (TPSA) is 0 Å². The van der Waals surface area contributed by atoms with Crippen molar-refractivity contribution in [1.29, 1.82) is 0 Å². The fourth-order valence-electron chi connectivity index (χ4n) is 6.59. The summed E-state index contributed by atoms with van der Waals surface area (Å²) < 4.78 is 0. The van der Waals surface area contributed by atoms with Gasteiger partial charge in [0.1, 0.15) is 0 Å². The monoisotopic (exact) mass is 232 g/mol. The summed E-state index contributed by atoms with van der Waals surface area (Å²) in [5.74, 6) is 6.67. The average molecular weight is 232 g/mol. The van der Waals surface area contributed by atoms with Crippen LogP contribution in [0.5, 0.6) is 0 Å². The van der Waals surface area contributed by atoms with Crippen molar-refractivity contribution in [3.8, 4) is 0 Å². The van der Waals surface area contributed by atoms with Crippen molar-refractivity contribution in [3.05, 3.63) is 0 Å². The third-order valence-corrected chi connectivity index (χ3v) is 7.39. The highest BCUT2D eigenvalue weighted by Crippen LogP contribution is 2.62. The zero-order chi connectivity index (χ0) is 11.6. The molecule has 0 aliphatic heterocycles. The molecule has 0 N–H and O–H groups in total. The van der Waals surface area contributed by atoms with Gasteiger partial charge in [0.15, 0.2) is 0 Å². The molecule has 4 rings (SSSR count). The maximum absolute atomic E-state index is 2.64. The SMILES string of the molecule is CC(C)(C1CC2CCC1C2)C1CC2CCC1C2. The molecule has 6 atom stereocenters. The lowest BCUT2D eigenvalue weighted by atomic mass is 9.60. The molecular weight excluding hydrogens is 204 g/mol. The van der Waals surface area contributed by atoms with Crippen LogP contribution >= 0.6 is 0 Å². The Kier molecular flexibility index (Phi) is 2.25. The summed E-state index contributed by atoms with van der Waals surface area (Å²) in [5, 5.41) is 0. The summed E-state index contributed by atoms with van der Waals surface area (Å²) in [6, 6.07) is 0. The second-order valence-electron chi connectivity index (χ2n) is 8.38. The lowest BCUT2D eigenvalue weighted by Gasteiger charge is -2.45. The minimum absolute atomic E-state index is 0.666. The van der Waals surface area contributed by atoms with Crippen LogP contribution in [0.4, 0.5) is 0 Å². The first-order valence-corrected chi connectivity index (χ1v) is 8.14. The molecule has 96 valence electrons. The van der Waals surface area contributed by atoms with Gasteiger partial charge >= 0.3 is 0 Å². The van der Waals surface area contributed by atoms with Gasteiger partial charge in [-0.05, 0) is 79.4 Å². The first-order valence-electron chi connectivity index (χ1n) is 8.14. The highest BCUT2D eigenvalue weighted by Gasteiger charge is 2.53. The summed E-state index contributed by atoms with van der Waals surface area (Å²) in [4.78, 5) is 0. The van der Waals surface area contributed by atoms with E-state index in [-0.39, 0.29) is 0 Å². The van der Waals surface area contributed by atoms with Gasteiger partial charge in [-0.2, -0.15) is 0 Å². The lowest BCUT2D eigenvalue weighted by Crippen LogP contribution is -2.38. The number of hydrogen-bond donors (Lipinski definition) is 0. The Hall–Kier alpha value is 0. The van der Waals surface area contributed by atoms with Crippen molar-refractivity contribution in [2.45, 2.75) is 65.2 Å². The van der Waals surface area contributed by atoms with Crippen LogP contribution in [0.1, 0.15) is 65.2 Å². The molecule has 0 aromatic heterocycles. The van der Waals surface area contributed by atoms with Crippen molar-refractivity contribution < 1.29 is 0 Å². The third kappa shape index (κ3) is 1.48. The van der Waals surface area contributed by atoms with Gasteiger partial charge in [-0.15, -0.1) is 0 Å². The third-order valence-electron chi connectivity index (χ3n) is 7.39. The number of fused-ring (bicyclic) bond motifs is 4. The van der Waals surface area contributed by atoms with Crippen LogP contribution in [-0.4, -0.2) is 0 Å². The van der Waals surface area contributed by atoms with E-state index in [1.54, 1.807) is 51.4 Å². The number of rotatable bonds is 2. The Morgan fingerprint density at radius 1 is 0.647 bits per heavy atom. The van der Waals surface area contributed by atoms with Gasteiger partial charge in [0, 0.05) is 0 Å². The predicted octanol–water partition coefficient (Wildman–Crippen LogP) is 4.89. The molecule has 0 spiro atoms. The normalized spacial score (nSPS) is 52.6. The van der Waals surface area contributed by atoms with Gasteiger partial charge in [-0.3, -0.25) is 0 Å². The Balaban J connectivity index is 1.55. The van der Waals surface area contributed by atoms with Gasteiger partial charge in [0.2, 0.25) is 0 Å². The molecule has 0 radical (unpaired) electrons. The fourth-order valence-corrected chi connectivity index (χ4v) is 6.59. The van der Waals surface area contributed by atoms with Crippen molar-refractivity contribution in [2.75, 3.05) is 0 Å². The molecular formula is C17H28. The average Bonchev–Trinajstić information content (AvgIpc) is 3.07. The van der Waals surface area contributed by atoms with E-state index in [2.05, 4.69) is 13.8 Å². The molecule has 4 bridgehead atoms. The largest absolute Gasteiger partial charge is 0.0594 e. The van der Waals surface area contributed by atoms with Crippen LogP contribution in [0.3, 0.4) is 0 Å². The predicted molar refractivity (Wildman–Crippen MR) is 71.7 cm³/mol. The first kappa shape index (κ1) is 10.9. The van der Waals surface area contributed by atoms with Crippen LogP contribution in [-0.2, 0) is 0 Å². The van der Waals surface area contributed by atoms with Gasteiger partial charge in [-0.1, -0.05) is 26.7 Å². The fraction of sp³-hybridized carbons (Fsp3) is 1.00. The zero-order valence-electron chi connectivity index (χ0n) is 11.6. The zero-order valence-corrected chi connectivity index (χ0v) is 11.6. The van der Waals surface area contributed by atoms with E-state index in [1.807, 2.05) is 0 Å². The minimum Gasteiger partial charge on any atom is -0.0594 e. The standard InChI is InChI=1S/C17H28/c1-17(2,15-9-11-3-5-13(15)7-11)16-10-12-4-6-14(16)8-12/h11-16H,3-10H2,1-2H3. The minimum atomic E-state index is 0.666. The van der Waals surface area contributed by atoms with Gasteiger partial charge in [-0.25, -0.2) is 0 Å². The van der Waals surface area contributed by atoms with E-state index in [0.717, 1.165) is 35.5 Å². The van der Waals surface area contributed by atoms with Crippen LogP contribution < -0.4 is 0 Å². The molecule has 4 aliphatic rings. The van der Waals surface area contributed by atoms with Crippen molar-refractivity contribution >= 4 is 0 Å². The summed E-state index contributed by atoms with van der Waals surface area (Å²) in [6.07, 6.45) is 12.6. The molecule has 0 heteroatoms. The molecule has 0 amide bonds. The van der Waals surface area contributed by atoms with E-state index >= 15 is 0 Å². The summed E-state index contributed by atoms with van der Waals surface area (Å²) in [5.41, 5.74) is 0.666. The summed E-state index contributed by atoms with van der Waals surface area (Å²) in [7, 11) is 0. The van der Waals surface area contributed by atoms with Gasteiger partial charge in [0.05, 0.1) is 0 Å². The van der Waals surface area contributed by atoms with E-state index in [9.17, 15) is 0 Å². The molecule has 4 aliphatic carbocycles. The van der Waals surface area contributed by atoms with E-state index in [4.69, 9.17) is 0 Å².